The van der Waals surface area contributed by atoms with Gasteiger partial charge in [0.1, 0.15) is 6.54 Å². The molecule has 0 unspecified atom stereocenters. The van der Waals surface area contributed by atoms with Crippen LogP contribution in [0.3, 0.4) is 0 Å². The van der Waals surface area contributed by atoms with Crippen molar-refractivity contribution >= 4 is 11.6 Å². The maximum absolute atomic E-state index is 8.95. The number of aliphatic hydroxyl groups excluding tert-OH is 2. The van der Waals surface area contributed by atoms with Gasteiger partial charge in [-0.3, -0.25) is 0 Å². The topological polar surface area (TPSA) is 43.7 Å². The molecule has 0 aromatic rings. The van der Waals surface area contributed by atoms with Crippen LogP contribution in [0.25, 0.3) is 0 Å². The number of hydrogen-bond acceptors (Lipinski definition) is 3. The molecule has 0 bridgehead atoms. The van der Waals surface area contributed by atoms with E-state index in [0.29, 0.717) is 6.61 Å². The number of aliphatic hydroxyl groups is 2. The van der Waals surface area contributed by atoms with Crippen LogP contribution in [0.5, 0.6) is 0 Å². The zero-order valence-electron chi connectivity index (χ0n) is 26.9. The van der Waals surface area contributed by atoms with Crippen molar-refractivity contribution in [3.8, 4) is 0 Å². The quantitative estimate of drug-likeness (QED) is 0.0823. The Labute approximate surface area is 252 Å². The highest BCUT2D eigenvalue weighted by atomic mass is 35.5. The molecule has 38 heavy (non-hydrogen) atoms. The number of likely N-dealkylation sites (N-methyl/N-ethyl adjacent to an activating group) is 2. The molecule has 0 saturated heterocycles. The van der Waals surface area contributed by atoms with E-state index in [9.17, 15) is 0 Å². The van der Waals surface area contributed by atoms with Crippen LogP contribution in [0.4, 0.5) is 0 Å². The lowest BCUT2D eigenvalue weighted by atomic mass is 10.1. The zero-order valence-corrected chi connectivity index (χ0v) is 28.4. The van der Waals surface area contributed by atoms with Crippen LogP contribution in [0.1, 0.15) is 142 Å². The third kappa shape index (κ3) is 49.4. The van der Waals surface area contributed by atoms with Crippen LogP contribution in [0.2, 0.25) is 0 Å². The van der Waals surface area contributed by atoms with Gasteiger partial charge in [0.05, 0.1) is 33.9 Å². The maximum Gasteiger partial charge on any atom is 0.102 e. The molecule has 0 aliphatic rings. The predicted octanol–water partition coefficient (Wildman–Crippen LogP) is 5.67. The van der Waals surface area contributed by atoms with Crippen molar-refractivity contribution in [3.05, 3.63) is 0 Å². The number of alkyl halides is 1. The zero-order chi connectivity index (χ0) is 28.5. The molecule has 0 saturated carbocycles. The molecule has 0 amide bonds. The van der Waals surface area contributed by atoms with Gasteiger partial charge in [0.15, 0.2) is 0 Å². The summed E-state index contributed by atoms with van der Waals surface area (Å²) in [5.74, 6) is 0.844. The molecule has 0 aromatic heterocycles. The van der Waals surface area contributed by atoms with Gasteiger partial charge in [-0.15, -0.1) is 11.6 Å². The smallest absolute Gasteiger partial charge is 0.102 e. The van der Waals surface area contributed by atoms with Gasteiger partial charge in [-0.2, -0.15) is 0 Å². The van der Waals surface area contributed by atoms with Crippen molar-refractivity contribution in [1.82, 2.24) is 4.90 Å². The summed E-state index contributed by atoms with van der Waals surface area (Å²) < 4.78 is 0.966. The Bertz CT molecular complexity index is 376. The van der Waals surface area contributed by atoms with E-state index < -0.39 is 0 Å². The number of unbranched alkanes of at least 4 members (excludes halogenated alkanes) is 18. The molecule has 0 aliphatic heterocycles. The van der Waals surface area contributed by atoms with Crippen LogP contribution >= 0.6 is 11.6 Å². The first kappa shape index (κ1) is 45.4. The summed E-state index contributed by atoms with van der Waals surface area (Å²) in [6.45, 7) is 7.97. The minimum absolute atomic E-state index is 0. The van der Waals surface area contributed by atoms with Gasteiger partial charge in [-0.1, -0.05) is 123 Å². The number of hydrogen-bond donors (Lipinski definition) is 2. The Balaban J connectivity index is -0.000000253. The lowest BCUT2D eigenvalue weighted by molar-refractivity contribution is -0.890. The molecule has 6 heteroatoms. The normalized spacial score (nSPS) is 10.9. The highest BCUT2D eigenvalue weighted by Crippen LogP contribution is 2.12. The molecule has 0 spiro atoms. The van der Waals surface area contributed by atoms with Crippen molar-refractivity contribution in [2.45, 2.75) is 142 Å². The first-order valence-corrected chi connectivity index (χ1v) is 16.6. The highest BCUT2D eigenvalue weighted by Gasteiger charge is 2.12. The van der Waals surface area contributed by atoms with Crippen LogP contribution < -0.4 is 12.4 Å². The predicted molar refractivity (Wildman–Crippen MR) is 169 cm³/mol. The summed E-state index contributed by atoms with van der Waals surface area (Å²) in [5.41, 5.74) is 0. The molecular formula is C32H72Cl2N2O2. The summed E-state index contributed by atoms with van der Waals surface area (Å²) in [6.07, 6.45) is 27.9. The fourth-order valence-electron chi connectivity index (χ4n) is 4.19. The van der Waals surface area contributed by atoms with E-state index in [-0.39, 0.29) is 19.0 Å². The number of rotatable bonds is 25. The Morgan fingerprint density at radius 3 is 1.13 bits per heavy atom. The number of nitrogens with zero attached hydrogens (tertiary/aromatic N) is 2. The van der Waals surface area contributed by atoms with Gasteiger partial charge in [-0.05, 0) is 33.4 Å². The fraction of sp³-hybridized carbons (Fsp3) is 1.00. The molecule has 2 N–H and O–H groups in total. The van der Waals surface area contributed by atoms with Crippen molar-refractivity contribution in [2.75, 3.05) is 66.9 Å². The van der Waals surface area contributed by atoms with E-state index in [4.69, 9.17) is 21.8 Å². The lowest BCUT2D eigenvalue weighted by Gasteiger charge is -2.28. The average molecular weight is 588 g/mol. The first-order valence-electron chi connectivity index (χ1n) is 16.1. The summed E-state index contributed by atoms with van der Waals surface area (Å²) in [5, 5.41) is 17.1. The van der Waals surface area contributed by atoms with Crippen LogP contribution in [0.15, 0.2) is 0 Å². The Hall–Kier alpha value is 0.420. The van der Waals surface area contributed by atoms with Crippen molar-refractivity contribution in [2.24, 2.45) is 0 Å². The largest absolute Gasteiger partial charge is 1.00 e. The number of quaternary nitrogens is 1. The summed E-state index contributed by atoms with van der Waals surface area (Å²) in [6, 6.07) is 0. The Morgan fingerprint density at radius 2 is 0.868 bits per heavy atom. The van der Waals surface area contributed by atoms with E-state index in [1.54, 1.807) is 0 Å². The standard InChI is InChI=1S/C16H36NO.C12H25Cl.C4H11NO.ClH/c1-4-5-6-7-8-9-10-11-12-13-14-17(2,3)15-16-18;1-2-3-4-5-6-7-8-9-10-11-12-13;1-5(2)3-4-6;/h18H,4-16H2,1-3H3;2-12H2,1H3;6H,3-4H2,1-2H3;1H/q+1;;;/p-1. The van der Waals surface area contributed by atoms with Crippen molar-refractivity contribution in [1.29, 1.82) is 0 Å². The van der Waals surface area contributed by atoms with Gasteiger partial charge < -0.3 is 32.0 Å². The SMILES string of the molecule is CCCCCCCCCCCCCl.CCCCCCCCCCCC[N+](C)(C)CCO.CN(C)CCO.[Cl-]. The summed E-state index contributed by atoms with van der Waals surface area (Å²) in [4.78, 5) is 1.93. The lowest BCUT2D eigenvalue weighted by Crippen LogP contribution is -3.00. The van der Waals surface area contributed by atoms with Crippen LogP contribution in [-0.2, 0) is 0 Å². The Kier molecular flexibility index (Phi) is 47.3. The average Bonchev–Trinajstić information content (AvgIpc) is 2.85. The molecule has 4 nitrogen and oxygen atoms in total. The molecule has 0 aliphatic carbocycles. The molecular weight excluding hydrogens is 515 g/mol. The second-order valence-electron chi connectivity index (χ2n) is 11.7. The molecule has 0 atom stereocenters. The summed E-state index contributed by atoms with van der Waals surface area (Å²) >= 11 is 5.60. The second kappa shape index (κ2) is 39.6. The molecule has 0 fully saturated rings. The highest BCUT2D eigenvalue weighted by molar-refractivity contribution is 6.17. The number of halogens is 2. The van der Waals surface area contributed by atoms with Crippen molar-refractivity contribution in [3.63, 3.8) is 0 Å². The van der Waals surface area contributed by atoms with E-state index in [2.05, 4.69) is 27.9 Å². The van der Waals surface area contributed by atoms with E-state index in [1.807, 2.05) is 19.0 Å². The van der Waals surface area contributed by atoms with Crippen LogP contribution in [-0.4, -0.2) is 86.5 Å². The van der Waals surface area contributed by atoms with Gasteiger partial charge in [0.2, 0.25) is 0 Å². The van der Waals surface area contributed by atoms with E-state index in [0.717, 1.165) is 23.5 Å². The first-order chi connectivity index (χ1) is 17.8. The van der Waals surface area contributed by atoms with Gasteiger partial charge in [0, 0.05) is 12.4 Å². The molecule has 0 radical (unpaired) electrons. The molecule has 236 valence electrons. The minimum Gasteiger partial charge on any atom is -1.00 e. The monoisotopic (exact) mass is 586 g/mol. The van der Waals surface area contributed by atoms with Gasteiger partial charge >= 0.3 is 0 Å². The second-order valence-corrected chi connectivity index (χ2v) is 12.1. The van der Waals surface area contributed by atoms with Gasteiger partial charge in [0.25, 0.3) is 0 Å². The Morgan fingerprint density at radius 1 is 0.526 bits per heavy atom. The van der Waals surface area contributed by atoms with E-state index in [1.165, 1.54) is 135 Å². The maximum atomic E-state index is 8.95. The summed E-state index contributed by atoms with van der Waals surface area (Å²) in [7, 11) is 8.28. The fourth-order valence-corrected chi connectivity index (χ4v) is 4.38. The minimum atomic E-state index is 0. The molecule has 0 heterocycles. The van der Waals surface area contributed by atoms with Crippen molar-refractivity contribution < 1.29 is 27.1 Å². The third-order valence-corrected chi connectivity index (χ3v) is 7.12. The third-order valence-electron chi connectivity index (χ3n) is 6.86. The van der Waals surface area contributed by atoms with E-state index >= 15 is 0 Å². The molecule has 0 aromatic carbocycles. The molecule has 0 rings (SSSR count). The van der Waals surface area contributed by atoms with Crippen LogP contribution in [0, 0.1) is 0 Å². The van der Waals surface area contributed by atoms with Gasteiger partial charge in [-0.25, -0.2) is 0 Å².